The van der Waals surface area contributed by atoms with Crippen molar-refractivity contribution in [1.29, 1.82) is 0 Å². The number of amides is 2. The van der Waals surface area contributed by atoms with Crippen LogP contribution < -0.4 is 20.3 Å². The van der Waals surface area contributed by atoms with Crippen molar-refractivity contribution in [2.45, 2.75) is 6.92 Å². The van der Waals surface area contributed by atoms with Gasteiger partial charge in [-0.3, -0.25) is 20.4 Å². The molecule has 29 heavy (non-hydrogen) atoms. The number of carbonyl (C=O) groups is 3. The van der Waals surface area contributed by atoms with E-state index in [9.17, 15) is 14.4 Å². The zero-order chi connectivity index (χ0) is 21.1. The van der Waals surface area contributed by atoms with Crippen LogP contribution in [-0.4, -0.2) is 38.1 Å². The van der Waals surface area contributed by atoms with Gasteiger partial charge in [0.05, 0.1) is 19.3 Å². The minimum atomic E-state index is -0.543. The fraction of sp³-hybridized carbons (Fsp3) is 0.190. The van der Waals surface area contributed by atoms with E-state index in [2.05, 4.69) is 10.9 Å². The van der Waals surface area contributed by atoms with Gasteiger partial charge in [0, 0.05) is 11.6 Å². The lowest BCUT2D eigenvalue weighted by Gasteiger charge is -2.08. The zero-order valence-electron chi connectivity index (χ0n) is 16.1. The molecule has 2 aromatic carbocycles. The quantitative estimate of drug-likeness (QED) is 0.401. The fourth-order valence-electron chi connectivity index (χ4n) is 2.23. The van der Waals surface area contributed by atoms with Crippen molar-refractivity contribution >= 4 is 23.9 Å². The number of methoxy groups -OCH3 is 1. The minimum Gasteiger partial charge on any atom is -0.496 e. The van der Waals surface area contributed by atoms with Gasteiger partial charge in [0.2, 0.25) is 0 Å². The summed E-state index contributed by atoms with van der Waals surface area (Å²) in [5.74, 6) is -0.458. The molecule has 2 aromatic rings. The Morgan fingerprint density at radius 2 is 1.72 bits per heavy atom. The van der Waals surface area contributed by atoms with Crippen LogP contribution in [0.1, 0.15) is 22.8 Å². The van der Waals surface area contributed by atoms with Crippen LogP contribution in [0.5, 0.6) is 11.5 Å². The molecule has 0 aromatic heterocycles. The van der Waals surface area contributed by atoms with Crippen LogP contribution in [-0.2, 0) is 14.3 Å². The number of ether oxygens (including phenoxy) is 3. The number of nitrogens with one attached hydrogen (secondary N) is 2. The van der Waals surface area contributed by atoms with Crippen LogP contribution in [0.2, 0.25) is 0 Å². The Labute approximate surface area is 168 Å². The Hall–Kier alpha value is -3.81. The Balaban J connectivity index is 1.76. The summed E-state index contributed by atoms with van der Waals surface area (Å²) in [4.78, 5) is 35.2. The van der Waals surface area contributed by atoms with Crippen molar-refractivity contribution in [3.05, 3.63) is 65.7 Å². The Kier molecular flexibility index (Phi) is 8.25. The number of esters is 1. The summed E-state index contributed by atoms with van der Waals surface area (Å²) in [6.45, 7) is 1.70. The second-order valence-electron chi connectivity index (χ2n) is 5.65. The monoisotopic (exact) mass is 398 g/mol. The second kappa shape index (κ2) is 11.1. The van der Waals surface area contributed by atoms with E-state index in [1.165, 1.54) is 25.3 Å². The average Bonchev–Trinajstić information content (AvgIpc) is 2.75. The van der Waals surface area contributed by atoms with Gasteiger partial charge in [0.1, 0.15) is 11.5 Å². The summed E-state index contributed by atoms with van der Waals surface area (Å²) in [5.41, 5.74) is 5.62. The van der Waals surface area contributed by atoms with Crippen molar-refractivity contribution in [2.24, 2.45) is 0 Å². The van der Waals surface area contributed by atoms with E-state index < -0.39 is 17.8 Å². The van der Waals surface area contributed by atoms with Crippen molar-refractivity contribution < 1.29 is 28.6 Å². The topological polar surface area (TPSA) is 103 Å². The molecule has 0 aliphatic carbocycles. The molecule has 0 bridgehead atoms. The predicted molar refractivity (Wildman–Crippen MR) is 106 cm³/mol. The van der Waals surface area contributed by atoms with Crippen LogP contribution in [0, 0.1) is 0 Å². The summed E-state index contributed by atoms with van der Waals surface area (Å²) in [7, 11) is 1.54. The minimum absolute atomic E-state index is 0.289. The van der Waals surface area contributed by atoms with E-state index in [4.69, 9.17) is 14.2 Å². The van der Waals surface area contributed by atoms with Gasteiger partial charge in [-0.05, 0) is 43.3 Å². The molecule has 2 amide bonds. The van der Waals surface area contributed by atoms with Crippen molar-refractivity contribution in [1.82, 2.24) is 10.9 Å². The molecule has 0 spiro atoms. The lowest BCUT2D eigenvalue weighted by molar-refractivity contribution is -0.128. The molecule has 2 rings (SSSR count). The highest BCUT2D eigenvalue weighted by molar-refractivity contribution is 5.93. The van der Waals surface area contributed by atoms with Crippen LogP contribution in [0.3, 0.4) is 0 Å². The maximum atomic E-state index is 11.8. The van der Waals surface area contributed by atoms with E-state index in [0.717, 1.165) is 5.56 Å². The smallest absolute Gasteiger partial charge is 0.338 e. The Bertz CT molecular complexity index is 877. The van der Waals surface area contributed by atoms with Crippen LogP contribution in [0.4, 0.5) is 0 Å². The van der Waals surface area contributed by atoms with Gasteiger partial charge in [0.15, 0.2) is 6.61 Å². The van der Waals surface area contributed by atoms with Gasteiger partial charge in [0.25, 0.3) is 11.8 Å². The average molecular weight is 398 g/mol. The molecule has 0 radical (unpaired) electrons. The van der Waals surface area contributed by atoms with E-state index in [0.29, 0.717) is 17.1 Å². The Morgan fingerprint density at radius 3 is 2.41 bits per heavy atom. The number of carbonyl (C=O) groups excluding carboxylic acids is 3. The Morgan fingerprint density at radius 1 is 1.00 bits per heavy atom. The molecule has 0 heterocycles. The second-order valence-corrected chi connectivity index (χ2v) is 5.65. The first kappa shape index (κ1) is 21.5. The number of rotatable bonds is 8. The van der Waals surface area contributed by atoms with Gasteiger partial charge < -0.3 is 14.2 Å². The molecule has 0 saturated carbocycles. The van der Waals surface area contributed by atoms with Crippen LogP contribution in [0.15, 0.2) is 54.6 Å². The number of para-hydroxylation sites is 1. The van der Waals surface area contributed by atoms with Gasteiger partial charge in [-0.2, -0.15) is 0 Å². The van der Waals surface area contributed by atoms with Crippen molar-refractivity contribution in [3.63, 3.8) is 0 Å². The molecule has 8 nitrogen and oxygen atoms in total. The molecule has 8 heteroatoms. The highest BCUT2D eigenvalue weighted by Gasteiger charge is 2.08. The van der Waals surface area contributed by atoms with Crippen LogP contribution >= 0.6 is 0 Å². The third kappa shape index (κ3) is 7.02. The molecule has 152 valence electrons. The van der Waals surface area contributed by atoms with Crippen molar-refractivity contribution in [3.8, 4) is 11.5 Å². The van der Waals surface area contributed by atoms with Gasteiger partial charge in [-0.1, -0.05) is 18.2 Å². The molecule has 0 fully saturated rings. The standard InChI is InChI=1S/C21H22N2O6/c1-3-28-21(26)16-8-11-17(12-9-16)29-14-20(25)23-22-19(24)13-10-15-6-4-5-7-18(15)27-2/h4-13H,3,14H2,1-2H3,(H,22,24)(H,23,25). The zero-order valence-corrected chi connectivity index (χ0v) is 16.1. The summed E-state index contributed by atoms with van der Waals surface area (Å²) in [6, 6.07) is 13.4. The van der Waals surface area contributed by atoms with Crippen LogP contribution in [0.25, 0.3) is 6.08 Å². The first-order valence-corrected chi connectivity index (χ1v) is 8.83. The van der Waals surface area contributed by atoms with E-state index in [1.54, 1.807) is 37.3 Å². The molecular formula is C21H22N2O6. The van der Waals surface area contributed by atoms with Gasteiger partial charge in [-0.25, -0.2) is 4.79 Å². The summed E-state index contributed by atoms with van der Waals surface area (Å²) >= 11 is 0. The highest BCUT2D eigenvalue weighted by Crippen LogP contribution is 2.18. The molecule has 0 aliphatic heterocycles. The lowest BCUT2D eigenvalue weighted by Crippen LogP contribution is -2.43. The van der Waals surface area contributed by atoms with E-state index in [1.807, 2.05) is 12.1 Å². The summed E-state index contributed by atoms with van der Waals surface area (Å²) < 4.78 is 15.4. The third-order valence-corrected chi connectivity index (χ3v) is 3.61. The number of hydrogen-bond acceptors (Lipinski definition) is 6. The molecule has 0 saturated heterocycles. The molecule has 0 atom stereocenters. The molecule has 2 N–H and O–H groups in total. The fourth-order valence-corrected chi connectivity index (χ4v) is 2.23. The van der Waals surface area contributed by atoms with E-state index in [-0.39, 0.29) is 13.2 Å². The number of hydrogen-bond donors (Lipinski definition) is 2. The maximum Gasteiger partial charge on any atom is 0.338 e. The molecule has 0 unspecified atom stereocenters. The largest absolute Gasteiger partial charge is 0.496 e. The summed E-state index contributed by atoms with van der Waals surface area (Å²) in [6.07, 6.45) is 2.84. The molecular weight excluding hydrogens is 376 g/mol. The highest BCUT2D eigenvalue weighted by atomic mass is 16.5. The first-order valence-electron chi connectivity index (χ1n) is 8.83. The third-order valence-electron chi connectivity index (χ3n) is 3.61. The predicted octanol–water partition coefficient (Wildman–Crippen LogP) is 2.11. The van der Waals surface area contributed by atoms with Crippen molar-refractivity contribution in [2.75, 3.05) is 20.3 Å². The van der Waals surface area contributed by atoms with Gasteiger partial charge in [-0.15, -0.1) is 0 Å². The maximum absolute atomic E-state index is 11.8. The lowest BCUT2D eigenvalue weighted by atomic mass is 10.2. The number of hydrazine groups is 1. The SMILES string of the molecule is CCOC(=O)c1ccc(OCC(=O)NNC(=O)C=Cc2ccccc2OC)cc1. The first-order chi connectivity index (χ1) is 14.0. The molecule has 0 aliphatic rings. The van der Waals surface area contributed by atoms with Gasteiger partial charge >= 0.3 is 5.97 Å². The summed E-state index contributed by atoms with van der Waals surface area (Å²) in [5, 5.41) is 0. The number of benzene rings is 2. The normalized spacial score (nSPS) is 10.3. The van der Waals surface area contributed by atoms with E-state index >= 15 is 0 Å².